The van der Waals surface area contributed by atoms with E-state index >= 15 is 0 Å². The van der Waals surface area contributed by atoms with Crippen LogP contribution in [0.3, 0.4) is 0 Å². The Balaban J connectivity index is 1.56. The van der Waals surface area contributed by atoms with Gasteiger partial charge in [-0.15, -0.1) is 0 Å². The highest BCUT2D eigenvalue weighted by atomic mass is 16.5. The number of hydrogen-bond acceptors (Lipinski definition) is 6. The van der Waals surface area contributed by atoms with Crippen molar-refractivity contribution >= 4 is 22.7 Å². The van der Waals surface area contributed by atoms with Crippen LogP contribution in [0.25, 0.3) is 11.0 Å². The molecule has 3 heterocycles. The topological polar surface area (TPSA) is 80.8 Å². The highest BCUT2D eigenvalue weighted by Crippen LogP contribution is 2.35. The molecule has 1 amide bonds. The van der Waals surface area contributed by atoms with E-state index in [2.05, 4.69) is 15.1 Å². The molecule has 0 unspecified atom stereocenters. The van der Waals surface area contributed by atoms with Crippen LogP contribution >= 0.6 is 0 Å². The number of carbonyl (C=O) groups is 1. The standard InChI is InChI=1S/C23H18N4O3/c1-29-17-5-2-4-15(12-17)19-14-21(27(26-19)23(28)22-6-3-11-30-22)16-7-8-18-20(13-16)25-10-9-24-18/h2-13,21H,14H2,1H3/t21-/m1/s1. The molecule has 1 aliphatic heterocycles. The molecule has 148 valence electrons. The summed E-state index contributed by atoms with van der Waals surface area (Å²) in [7, 11) is 1.63. The molecule has 5 rings (SSSR count). The van der Waals surface area contributed by atoms with Crippen LogP contribution in [0.4, 0.5) is 0 Å². The maximum atomic E-state index is 13.1. The minimum Gasteiger partial charge on any atom is -0.497 e. The first-order valence-corrected chi connectivity index (χ1v) is 9.52. The summed E-state index contributed by atoms with van der Waals surface area (Å²) in [5.74, 6) is 0.696. The van der Waals surface area contributed by atoms with Crippen molar-refractivity contribution in [2.45, 2.75) is 12.5 Å². The summed E-state index contributed by atoms with van der Waals surface area (Å²) >= 11 is 0. The van der Waals surface area contributed by atoms with E-state index in [0.29, 0.717) is 6.42 Å². The SMILES string of the molecule is COc1cccc(C2=NN(C(=O)c3ccco3)[C@@H](c3ccc4nccnc4c3)C2)c1. The summed E-state index contributed by atoms with van der Waals surface area (Å²) in [6, 6.07) is 16.6. The molecule has 1 aliphatic rings. The van der Waals surface area contributed by atoms with Gasteiger partial charge in [0, 0.05) is 24.4 Å². The summed E-state index contributed by atoms with van der Waals surface area (Å²) in [5, 5.41) is 6.17. The van der Waals surface area contributed by atoms with Crippen LogP contribution in [0.2, 0.25) is 0 Å². The number of nitrogens with zero attached hydrogens (tertiary/aromatic N) is 4. The quantitative estimate of drug-likeness (QED) is 0.514. The molecule has 4 aromatic rings. The first-order chi connectivity index (χ1) is 14.7. The molecule has 0 saturated carbocycles. The molecular formula is C23H18N4O3. The van der Waals surface area contributed by atoms with Gasteiger partial charge in [0.2, 0.25) is 0 Å². The van der Waals surface area contributed by atoms with E-state index in [1.807, 2.05) is 42.5 Å². The van der Waals surface area contributed by atoms with Crippen molar-refractivity contribution < 1.29 is 13.9 Å². The maximum Gasteiger partial charge on any atom is 0.310 e. The molecule has 0 N–H and O–H groups in total. The van der Waals surface area contributed by atoms with E-state index in [1.165, 1.54) is 11.3 Å². The number of amides is 1. The van der Waals surface area contributed by atoms with Gasteiger partial charge in [0.1, 0.15) is 5.75 Å². The molecule has 0 spiro atoms. The lowest BCUT2D eigenvalue weighted by molar-refractivity contribution is 0.0678. The zero-order valence-corrected chi connectivity index (χ0v) is 16.2. The third-order valence-electron chi connectivity index (χ3n) is 5.13. The van der Waals surface area contributed by atoms with Crippen molar-refractivity contribution in [3.8, 4) is 5.75 Å². The number of hydrazone groups is 1. The van der Waals surface area contributed by atoms with Gasteiger partial charge < -0.3 is 9.15 Å². The Morgan fingerprint density at radius 2 is 1.93 bits per heavy atom. The van der Waals surface area contributed by atoms with Gasteiger partial charge in [-0.1, -0.05) is 18.2 Å². The van der Waals surface area contributed by atoms with Gasteiger partial charge in [-0.3, -0.25) is 14.8 Å². The van der Waals surface area contributed by atoms with Crippen LogP contribution in [0.5, 0.6) is 5.75 Å². The van der Waals surface area contributed by atoms with Crippen LogP contribution in [-0.4, -0.2) is 33.7 Å². The third-order valence-corrected chi connectivity index (χ3v) is 5.13. The lowest BCUT2D eigenvalue weighted by Gasteiger charge is -2.21. The molecule has 0 radical (unpaired) electrons. The first kappa shape index (κ1) is 18.1. The highest BCUT2D eigenvalue weighted by Gasteiger charge is 2.35. The number of ether oxygens (including phenoxy) is 1. The number of rotatable bonds is 4. The summed E-state index contributed by atoms with van der Waals surface area (Å²) in [6.07, 6.45) is 5.36. The number of aromatic nitrogens is 2. The second-order valence-corrected chi connectivity index (χ2v) is 6.93. The van der Waals surface area contributed by atoms with Crippen LogP contribution in [0, 0.1) is 0 Å². The van der Waals surface area contributed by atoms with E-state index in [9.17, 15) is 4.79 Å². The Labute approximate surface area is 172 Å². The smallest absolute Gasteiger partial charge is 0.310 e. The fraction of sp³-hybridized carbons (Fsp3) is 0.130. The monoisotopic (exact) mass is 398 g/mol. The van der Waals surface area contributed by atoms with E-state index in [0.717, 1.165) is 33.6 Å². The predicted molar refractivity (Wildman–Crippen MR) is 111 cm³/mol. The molecular weight excluding hydrogens is 380 g/mol. The number of fused-ring (bicyclic) bond motifs is 1. The van der Waals surface area contributed by atoms with Crippen molar-refractivity contribution in [2.75, 3.05) is 7.11 Å². The Morgan fingerprint density at radius 1 is 1.07 bits per heavy atom. The second kappa shape index (κ2) is 7.44. The normalized spacial score (nSPS) is 16.0. The second-order valence-electron chi connectivity index (χ2n) is 6.93. The van der Waals surface area contributed by atoms with Crippen LogP contribution in [0.1, 0.15) is 34.1 Å². The van der Waals surface area contributed by atoms with Crippen molar-refractivity contribution in [3.63, 3.8) is 0 Å². The van der Waals surface area contributed by atoms with Gasteiger partial charge in [0.05, 0.1) is 36.2 Å². The number of methoxy groups -OCH3 is 1. The van der Waals surface area contributed by atoms with Crippen LogP contribution in [-0.2, 0) is 0 Å². The number of benzene rings is 2. The maximum absolute atomic E-state index is 13.1. The van der Waals surface area contributed by atoms with Crippen molar-refractivity contribution in [3.05, 3.63) is 90.1 Å². The minimum absolute atomic E-state index is 0.247. The third kappa shape index (κ3) is 3.20. The average Bonchev–Trinajstić information content (AvgIpc) is 3.49. The van der Waals surface area contributed by atoms with Gasteiger partial charge >= 0.3 is 5.91 Å². The lowest BCUT2D eigenvalue weighted by atomic mass is 9.97. The Kier molecular flexibility index (Phi) is 4.48. The molecule has 0 aliphatic carbocycles. The molecule has 0 bridgehead atoms. The summed E-state index contributed by atoms with van der Waals surface area (Å²) < 4.78 is 10.7. The summed E-state index contributed by atoms with van der Waals surface area (Å²) in [4.78, 5) is 21.8. The molecule has 7 nitrogen and oxygen atoms in total. The van der Waals surface area contributed by atoms with E-state index in [-0.39, 0.29) is 17.7 Å². The first-order valence-electron chi connectivity index (χ1n) is 9.52. The fourth-order valence-electron chi connectivity index (χ4n) is 3.64. The van der Waals surface area contributed by atoms with Crippen LogP contribution < -0.4 is 4.74 Å². The lowest BCUT2D eigenvalue weighted by Crippen LogP contribution is -2.26. The van der Waals surface area contributed by atoms with Crippen molar-refractivity contribution in [2.24, 2.45) is 5.10 Å². The molecule has 30 heavy (non-hydrogen) atoms. The van der Waals surface area contributed by atoms with Gasteiger partial charge in [0.15, 0.2) is 5.76 Å². The van der Waals surface area contributed by atoms with Gasteiger partial charge in [-0.2, -0.15) is 5.10 Å². The minimum atomic E-state index is -0.290. The van der Waals surface area contributed by atoms with Gasteiger partial charge in [-0.25, -0.2) is 5.01 Å². The summed E-state index contributed by atoms with van der Waals surface area (Å²) in [5.41, 5.74) is 4.23. The van der Waals surface area contributed by atoms with Gasteiger partial charge in [0.25, 0.3) is 0 Å². The Hall–Kier alpha value is -4.00. The molecule has 0 fully saturated rings. The largest absolute Gasteiger partial charge is 0.497 e. The predicted octanol–water partition coefficient (Wildman–Crippen LogP) is 4.22. The number of hydrogen-bond donors (Lipinski definition) is 0. The average molecular weight is 398 g/mol. The molecule has 2 aromatic carbocycles. The van der Waals surface area contributed by atoms with E-state index < -0.39 is 0 Å². The molecule has 7 heteroatoms. The number of furan rings is 1. The molecule has 2 aromatic heterocycles. The van der Waals surface area contributed by atoms with Gasteiger partial charge in [-0.05, 0) is 42.0 Å². The highest BCUT2D eigenvalue weighted by molar-refractivity contribution is 6.04. The molecule has 0 saturated heterocycles. The molecule has 1 atom stereocenters. The Bertz CT molecular complexity index is 1250. The zero-order valence-electron chi connectivity index (χ0n) is 16.2. The fourth-order valence-corrected chi connectivity index (χ4v) is 3.64. The summed E-state index contributed by atoms with van der Waals surface area (Å²) in [6.45, 7) is 0. The number of carbonyl (C=O) groups excluding carboxylic acids is 1. The Morgan fingerprint density at radius 3 is 2.73 bits per heavy atom. The van der Waals surface area contributed by atoms with Crippen LogP contribution in [0.15, 0.2) is 82.8 Å². The van der Waals surface area contributed by atoms with Crippen molar-refractivity contribution in [1.82, 2.24) is 15.0 Å². The van der Waals surface area contributed by atoms with E-state index in [4.69, 9.17) is 9.15 Å². The van der Waals surface area contributed by atoms with Crippen molar-refractivity contribution in [1.29, 1.82) is 0 Å². The van der Waals surface area contributed by atoms with E-state index in [1.54, 1.807) is 31.6 Å². The zero-order chi connectivity index (χ0) is 20.5.